The fraction of sp³-hybridized carbons (Fsp3) is 0.143. The monoisotopic (exact) mass is 413 g/mol. The zero-order valence-electron chi connectivity index (χ0n) is 15.5. The van der Waals surface area contributed by atoms with Crippen LogP contribution < -0.4 is 11.2 Å². The standard InChI is InChI=1S/C21H17Cl2N3O2/c1-12-6-4-5-7-16(12)26-11-17-18(20(27)25(3)21(28)24(17)2)19(26)14-9-8-13(22)10-15(14)23/h4-11H,1-3H3. The summed E-state index contributed by atoms with van der Waals surface area (Å²) in [7, 11) is 3.13. The van der Waals surface area contributed by atoms with Gasteiger partial charge in [-0.05, 0) is 36.8 Å². The summed E-state index contributed by atoms with van der Waals surface area (Å²) in [6.45, 7) is 1.99. The quantitative estimate of drug-likeness (QED) is 0.491. The van der Waals surface area contributed by atoms with E-state index in [0.717, 1.165) is 15.8 Å². The Balaban J connectivity index is 2.26. The van der Waals surface area contributed by atoms with Gasteiger partial charge in [-0.3, -0.25) is 13.9 Å². The Morgan fingerprint density at radius 1 is 0.929 bits per heavy atom. The van der Waals surface area contributed by atoms with Gasteiger partial charge < -0.3 is 4.57 Å². The molecule has 0 aliphatic rings. The minimum absolute atomic E-state index is 0.369. The molecule has 5 nitrogen and oxygen atoms in total. The second-order valence-corrected chi connectivity index (χ2v) is 7.57. The number of hydrogen-bond donors (Lipinski definition) is 0. The normalized spacial score (nSPS) is 11.3. The predicted molar refractivity (Wildman–Crippen MR) is 114 cm³/mol. The van der Waals surface area contributed by atoms with E-state index in [9.17, 15) is 9.59 Å². The van der Waals surface area contributed by atoms with Gasteiger partial charge >= 0.3 is 5.69 Å². The Bertz CT molecular complexity index is 1360. The van der Waals surface area contributed by atoms with Crippen molar-refractivity contribution >= 4 is 34.1 Å². The van der Waals surface area contributed by atoms with E-state index in [1.807, 2.05) is 35.8 Å². The summed E-state index contributed by atoms with van der Waals surface area (Å²) in [5.74, 6) is 0. The van der Waals surface area contributed by atoms with Gasteiger partial charge in [0.25, 0.3) is 5.56 Å². The number of aryl methyl sites for hydroxylation is 2. The number of rotatable bonds is 2. The van der Waals surface area contributed by atoms with Crippen LogP contribution in [-0.2, 0) is 14.1 Å². The Hall–Kier alpha value is -2.76. The van der Waals surface area contributed by atoms with Crippen molar-refractivity contribution in [2.75, 3.05) is 0 Å². The molecule has 2 aromatic carbocycles. The first-order valence-corrected chi connectivity index (χ1v) is 9.39. The molecular formula is C21H17Cl2N3O2. The third kappa shape index (κ3) is 2.70. The molecule has 0 fully saturated rings. The summed E-state index contributed by atoms with van der Waals surface area (Å²) in [6.07, 6.45) is 1.81. The van der Waals surface area contributed by atoms with Crippen LogP contribution in [0.25, 0.3) is 27.8 Å². The molecule has 2 heterocycles. The van der Waals surface area contributed by atoms with E-state index in [1.54, 1.807) is 31.4 Å². The number of fused-ring (bicyclic) bond motifs is 1. The fourth-order valence-electron chi connectivity index (χ4n) is 3.51. The van der Waals surface area contributed by atoms with Crippen molar-refractivity contribution in [3.05, 3.63) is 85.1 Å². The minimum atomic E-state index is -0.381. The maximum absolute atomic E-state index is 13.1. The van der Waals surface area contributed by atoms with Crippen molar-refractivity contribution in [1.29, 1.82) is 0 Å². The number of aromatic nitrogens is 3. The second kappa shape index (κ2) is 6.69. The average molecular weight is 414 g/mol. The highest BCUT2D eigenvalue weighted by Crippen LogP contribution is 2.36. The highest BCUT2D eigenvalue weighted by molar-refractivity contribution is 6.36. The van der Waals surface area contributed by atoms with Crippen molar-refractivity contribution in [3.8, 4) is 16.9 Å². The molecule has 0 aliphatic heterocycles. The molecule has 0 atom stereocenters. The average Bonchev–Trinajstić information content (AvgIpc) is 3.05. The van der Waals surface area contributed by atoms with E-state index in [2.05, 4.69) is 0 Å². The highest BCUT2D eigenvalue weighted by Gasteiger charge is 2.22. The SMILES string of the molecule is Cc1ccccc1-n1cc2c(c1-c1ccc(Cl)cc1Cl)c(=O)n(C)c(=O)n2C. The first kappa shape index (κ1) is 18.6. The van der Waals surface area contributed by atoms with Crippen LogP contribution >= 0.6 is 23.2 Å². The molecule has 0 unspecified atom stereocenters. The van der Waals surface area contributed by atoms with Crippen LogP contribution in [0.3, 0.4) is 0 Å². The van der Waals surface area contributed by atoms with Crippen molar-refractivity contribution in [1.82, 2.24) is 13.7 Å². The lowest BCUT2D eigenvalue weighted by atomic mass is 10.1. The molecule has 0 saturated heterocycles. The molecule has 4 aromatic rings. The van der Waals surface area contributed by atoms with Gasteiger partial charge in [0.05, 0.1) is 21.6 Å². The van der Waals surface area contributed by atoms with Gasteiger partial charge in [-0.2, -0.15) is 0 Å². The van der Waals surface area contributed by atoms with E-state index >= 15 is 0 Å². The van der Waals surface area contributed by atoms with E-state index in [4.69, 9.17) is 23.2 Å². The van der Waals surface area contributed by atoms with Gasteiger partial charge in [0, 0.05) is 36.6 Å². The first-order chi connectivity index (χ1) is 13.3. The minimum Gasteiger partial charge on any atom is -0.313 e. The lowest BCUT2D eigenvalue weighted by molar-refractivity contribution is 0.714. The third-order valence-corrected chi connectivity index (χ3v) is 5.55. The zero-order chi connectivity index (χ0) is 20.2. The Kier molecular flexibility index (Phi) is 4.44. The number of halogens is 2. The maximum Gasteiger partial charge on any atom is 0.330 e. The van der Waals surface area contributed by atoms with E-state index in [0.29, 0.717) is 32.2 Å². The van der Waals surface area contributed by atoms with Crippen LogP contribution in [0.2, 0.25) is 10.0 Å². The van der Waals surface area contributed by atoms with Gasteiger partial charge in [0.15, 0.2) is 0 Å². The largest absolute Gasteiger partial charge is 0.330 e. The van der Waals surface area contributed by atoms with Gasteiger partial charge in [0.1, 0.15) is 0 Å². The Morgan fingerprint density at radius 3 is 2.32 bits per heavy atom. The molecular weight excluding hydrogens is 397 g/mol. The van der Waals surface area contributed by atoms with Gasteiger partial charge in [0.2, 0.25) is 0 Å². The smallest absolute Gasteiger partial charge is 0.313 e. The van der Waals surface area contributed by atoms with E-state index in [-0.39, 0.29) is 11.2 Å². The molecule has 0 aliphatic carbocycles. The molecule has 0 amide bonds. The first-order valence-electron chi connectivity index (χ1n) is 8.63. The topological polar surface area (TPSA) is 48.9 Å². The van der Waals surface area contributed by atoms with Crippen LogP contribution in [0.4, 0.5) is 0 Å². The lowest BCUT2D eigenvalue weighted by Crippen LogP contribution is -2.36. The van der Waals surface area contributed by atoms with E-state index < -0.39 is 0 Å². The van der Waals surface area contributed by atoms with Crippen LogP contribution in [0.5, 0.6) is 0 Å². The predicted octanol–water partition coefficient (Wildman–Crippen LogP) is 4.31. The highest BCUT2D eigenvalue weighted by atomic mass is 35.5. The van der Waals surface area contributed by atoms with E-state index in [1.165, 1.54) is 11.6 Å². The molecule has 142 valence electrons. The van der Waals surface area contributed by atoms with Crippen molar-refractivity contribution in [3.63, 3.8) is 0 Å². The van der Waals surface area contributed by atoms with Crippen molar-refractivity contribution < 1.29 is 0 Å². The van der Waals surface area contributed by atoms with Crippen LogP contribution in [0, 0.1) is 6.92 Å². The van der Waals surface area contributed by atoms with Gasteiger partial charge in [-0.1, -0.05) is 41.4 Å². The molecule has 0 radical (unpaired) electrons. The molecule has 4 rings (SSSR count). The van der Waals surface area contributed by atoms with Crippen LogP contribution in [0.1, 0.15) is 5.56 Å². The Labute approximate surface area is 171 Å². The summed E-state index contributed by atoms with van der Waals surface area (Å²) >= 11 is 12.6. The summed E-state index contributed by atoms with van der Waals surface area (Å²) in [6, 6.07) is 13.0. The lowest BCUT2D eigenvalue weighted by Gasteiger charge is -2.13. The van der Waals surface area contributed by atoms with Gasteiger partial charge in [-0.15, -0.1) is 0 Å². The Morgan fingerprint density at radius 2 is 1.64 bits per heavy atom. The number of nitrogens with zero attached hydrogens (tertiary/aromatic N) is 3. The van der Waals surface area contributed by atoms with Crippen LogP contribution in [0.15, 0.2) is 58.3 Å². The van der Waals surface area contributed by atoms with Crippen molar-refractivity contribution in [2.45, 2.75) is 6.92 Å². The maximum atomic E-state index is 13.1. The zero-order valence-corrected chi connectivity index (χ0v) is 17.0. The molecule has 2 aromatic heterocycles. The second-order valence-electron chi connectivity index (χ2n) is 6.72. The molecule has 7 heteroatoms. The number of para-hydroxylation sites is 1. The van der Waals surface area contributed by atoms with Gasteiger partial charge in [-0.25, -0.2) is 4.79 Å². The molecule has 0 saturated carbocycles. The number of benzene rings is 2. The van der Waals surface area contributed by atoms with Crippen LogP contribution in [-0.4, -0.2) is 13.7 Å². The fourth-order valence-corrected chi connectivity index (χ4v) is 4.01. The molecule has 0 N–H and O–H groups in total. The summed E-state index contributed by atoms with van der Waals surface area (Å²) in [5.41, 5.74) is 3.00. The summed E-state index contributed by atoms with van der Waals surface area (Å²) < 4.78 is 4.49. The van der Waals surface area contributed by atoms with Crippen molar-refractivity contribution in [2.24, 2.45) is 14.1 Å². The summed E-state index contributed by atoms with van der Waals surface area (Å²) in [4.78, 5) is 25.5. The molecule has 28 heavy (non-hydrogen) atoms. The summed E-state index contributed by atoms with van der Waals surface area (Å²) in [5, 5.41) is 1.36. The molecule has 0 bridgehead atoms. The molecule has 0 spiro atoms. The number of hydrogen-bond acceptors (Lipinski definition) is 2. The third-order valence-electron chi connectivity index (χ3n) is 5.00.